The highest BCUT2D eigenvalue weighted by Gasteiger charge is 2.15. The molecule has 1 saturated heterocycles. The lowest BCUT2D eigenvalue weighted by atomic mass is 10.2. The zero-order valence-electron chi connectivity index (χ0n) is 12.9. The molecule has 5 heteroatoms. The highest BCUT2D eigenvalue weighted by molar-refractivity contribution is 14.0. The van der Waals surface area contributed by atoms with E-state index >= 15 is 0 Å². The zero-order valence-corrected chi connectivity index (χ0v) is 15.2. The molecule has 0 spiro atoms. The first kappa shape index (κ1) is 18.2. The zero-order chi connectivity index (χ0) is 14.2. The summed E-state index contributed by atoms with van der Waals surface area (Å²) in [6, 6.07) is 10.4. The van der Waals surface area contributed by atoms with Crippen LogP contribution in [0, 0.1) is 0 Å². The topological polar surface area (TPSA) is 36.9 Å². The van der Waals surface area contributed by atoms with Crippen LogP contribution in [0.2, 0.25) is 0 Å². The van der Waals surface area contributed by atoms with Gasteiger partial charge in [0.2, 0.25) is 0 Å². The third-order valence-electron chi connectivity index (χ3n) is 3.61. The molecule has 1 aromatic rings. The Bertz CT molecular complexity index is 419. The predicted octanol–water partition coefficient (Wildman–Crippen LogP) is 2.88. The fourth-order valence-electron chi connectivity index (χ4n) is 2.53. The van der Waals surface area contributed by atoms with Crippen molar-refractivity contribution in [3.63, 3.8) is 0 Å². The van der Waals surface area contributed by atoms with E-state index in [2.05, 4.69) is 46.5 Å². The van der Waals surface area contributed by atoms with E-state index in [0.717, 1.165) is 32.1 Å². The Morgan fingerprint density at radius 1 is 1.38 bits per heavy atom. The van der Waals surface area contributed by atoms with Crippen LogP contribution in [0.25, 0.3) is 0 Å². The molecule has 4 nitrogen and oxygen atoms in total. The molecule has 1 fully saturated rings. The first-order valence-electron chi connectivity index (χ1n) is 7.37. The van der Waals surface area contributed by atoms with Crippen molar-refractivity contribution in [2.75, 3.05) is 27.2 Å². The number of ether oxygens (including phenoxy) is 1. The second-order valence-corrected chi connectivity index (χ2v) is 5.24. The van der Waals surface area contributed by atoms with Gasteiger partial charge in [-0.2, -0.15) is 0 Å². The summed E-state index contributed by atoms with van der Waals surface area (Å²) in [4.78, 5) is 6.48. The van der Waals surface area contributed by atoms with E-state index in [1.807, 2.05) is 13.1 Å². The summed E-state index contributed by atoms with van der Waals surface area (Å²) in [6.07, 6.45) is 3.88. The molecule has 1 atom stereocenters. The highest BCUT2D eigenvalue weighted by atomic mass is 127. The van der Waals surface area contributed by atoms with Gasteiger partial charge in [0.25, 0.3) is 0 Å². The van der Waals surface area contributed by atoms with E-state index in [-0.39, 0.29) is 24.0 Å². The highest BCUT2D eigenvalue weighted by Crippen LogP contribution is 2.14. The Balaban J connectivity index is 0.00000220. The maximum Gasteiger partial charge on any atom is 0.193 e. The van der Waals surface area contributed by atoms with Crippen LogP contribution in [-0.4, -0.2) is 44.2 Å². The van der Waals surface area contributed by atoms with E-state index in [0.29, 0.717) is 6.10 Å². The van der Waals surface area contributed by atoms with Crippen LogP contribution >= 0.6 is 24.0 Å². The van der Waals surface area contributed by atoms with Gasteiger partial charge in [0, 0.05) is 33.8 Å². The molecule has 118 valence electrons. The third-order valence-corrected chi connectivity index (χ3v) is 3.61. The minimum Gasteiger partial charge on any atom is -0.378 e. The van der Waals surface area contributed by atoms with Crippen molar-refractivity contribution in [2.24, 2.45) is 4.99 Å². The van der Waals surface area contributed by atoms with Crippen molar-refractivity contribution in [1.82, 2.24) is 10.2 Å². The summed E-state index contributed by atoms with van der Waals surface area (Å²) in [5, 5.41) is 3.41. The van der Waals surface area contributed by atoms with E-state index in [4.69, 9.17) is 4.74 Å². The average molecular weight is 403 g/mol. The van der Waals surface area contributed by atoms with Crippen molar-refractivity contribution in [1.29, 1.82) is 0 Å². The number of nitrogens with zero attached hydrogens (tertiary/aromatic N) is 2. The number of rotatable bonds is 5. The Morgan fingerprint density at radius 2 is 2.14 bits per heavy atom. The number of aliphatic imine (C=N–C) groups is 1. The van der Waals surface area contributed by atoms with Gasteiger partial charge in [-0.1, -0.05) is 30.3 Å². The van der Waals surface area contributed by atoms with Crippen LogP contribution in [0.15, 0.2) is 35.3 Å². The summed E-state index contributed by atoms with van der Waals surface area (Å²) in [7, 11) is 3.89. The van der Waals surface area contributed by atoms with Gasteiger partial charge in [0.15, 0.2) is 5.96 Å². The summed E-state index contributed by atoms with van der Waals surface area (Å²) in [5.41, 5.74) is 1.29. The number of hydrogen-bond donors (Lipinski definition) is 1. The minimum atomic E-state index is 0. The second kappa shape index (κ2) is 10.00. The van der Waals surface area contributed by atoms with Crippen LogP contribution in [-0.2, 0) is 11.3 Å². The van der Waals surface area contributed by atoms with Crippen LogP contribution < -0.4 is 5.32 Å². The largest absolute Gasteiger partial charge is 0.378 e. The van der Waals surface area contributed by atoms with Crippen molar-refractivity contribution < 1.29 is 4.74 Å². The summed E-state index contributed by atoms with van der Waals surface area (Å²) < 4.78 is 5.63. The monoisotopic (exact) mass is 403 g/mol. The molecule has 0 amide bonds. The number of halogens is 1. The van der Waals surface area contributed by atoms with Crippen molar-refractivity contribution in [3.8, 4) is 0 Å². The lowest BCUT2D eigenvalue weighted by Gasteiger charge is -2.22. The van der Waals surface area contributed by atoms with Gasteiger partial charge >= 0.3 is 0 Å². The van der Waals surface area contributed by atoms with E-state index in [1.165, 1.54) is 18.4 Å². The maximum absolute atomic E-state index is 5.63. The van der Waals surface area contributed by atoms with E-state index in [9.17, 15) is 0 Å². The minimum absolute atomic E-state index is 0. The molecule has 0 aromatic heterocycles. The van der Waals surface area contributed by atoms with Crippen LogP contribution in [0.5, 0.6) is 0 Å². The van der Waals surface area contributed by atoms with Crippen molar-refractivity contribution in [3.05, 3.63) is 35.9 Å². The average Bonchev–Trinajstić information content (AvgIpc) is 2.98. The van der Waals surface area contributed by atoms with Gasteiger partial charge in [-0.25, -0.2) is 0 Å². The number of hydrogen-bond acceptors (Lipinski definition) is 2. The summed E-state index contributed by atoms with van der Waals surface area (Å²) in [6.45, 7) is 2.70. The third kappa shape index (κ3) is 6.22. The van der Waals surface area contributed by atoms with Gasteiger partial charge < -0.3 is 15.0 Å². The number of nitrogens with one attached hydrogen (secondary N) is 1. The molecule has 1 aliphatic rings. The Morgan fingerprint density at radius 3 is 2.76 bits per heavy atom. The molecule has 21 heavy (non-hydrogen) atoms. The molecule has 0 radical (unpaired) electrons. The number of guanidine groups is 1. The molecule has 1 aromatic carbocycles. The molecular formula is C16H26IN3O. The molecule has 0 aliphatic carbocycles. The molecule has 0 bridgehead atoms. The normalized spacial score (nSPS) is 18.2. The Labute approximate surface area is 145 Å². The van der Waals surface area contributed by atoms with Gasteiger partial charge in [-0.05, 0) is 24.8 Å². The lowest BCUT2D eigenvalue weighted by Crippen LogP contribution is -2.39. The molecule has 1 aliphatic heterocycles. The van der Waals surface area contributed by atoms with Crippen LogP contribution in [0.4, 0.5) is 0 Å². The first-order chi connectivity index (χ1) is 9.79. The van der Waals surface area contributed by atoms with E-state index < -0.39 is 0 Å². The molecule has 1 N–H and O–H groups in total. The summed E-state index contributed by atoms with van der Waals surface area (Å²) in [5.74, 6) is 0.937. The lowest BCUT2D eigenvalue weighted by molar-refractivity contribution is 0.105. The fraction of sp³-hybridized carbons (Fsp3) is 0.562. The maximum atomic E-state index is 5.63. The van der Waals surface area contributed by atoms with E-state index in [1.54, 1.807) is 0 Å². The second-order valence-electron chi connectivity index (χ2n) is 5.24. The van der Waals surface area contributed by atoms with Crippen LogP contribution in [0.1, 0.15) is 24.8 Å². The van der Waals surface area contributed by atoms with Gasteiger partial charge in [0.1, 0.15) is 0 Å². The van der Waals surface area contributed by atoms with Gasteiger partial charge in [0.05, 0.1) is 6.10 Å². The van der Waals surface area contributed by atoms with Crippen molar-refractivity contribution in [2.45, 2.75) is 31.9 Å². The number of benzene rings is 1. The molecule has 2 rings (SSSR count). The standard InChI is InChI=1S/C16H25N3O.HI/c1-17-16(18-11-10-15-9-6-12-20-15)19(2)13-14-7-4-3-5-8-14;/h3-5,7-8,15H,6,9-13H2,1-2H3,(H,17,18);1H. The smallest absolute Gasteiger partial charge is 0.193 e. The molecule has 1 heterocycles. The summed E-state index contributed by atoms with van der Waals surface area (Å²) >= 11 is 0. The quantitative estimate of drug-likeness (QED) is 0.467. The van der Waals surface area contributed by atoms with Crippen LogP contribution in [0.3, 0.4) is 0 Å². The van der Waals surface area contributed by atoms with Crippen molar-refractivity contribution >= 4 is 29.9 Å². The van der Waals surface area contributed by atoms with Gasteiger partial charge in [-0.15, -0.1) is 24.0 Å². The molecule has 1 unspecified atom stereocenters. The Hall–Kier alpha value is -0.820. The SMILES string of the molecule is CN=C(NCCC1CCCO1)N(C)Cc1ccccc1.I. The Kier molecular flexibility index (Phi) is 8.68. The first-order valence-corrected chi connectivity index (χ1v) is 7.37. The predicted molar refractivity (Wildman–Crippen MR) is 98.3 cm³/mol. The fourth-order valence-corrected chi connectivity index (χ4v) is 2.53. The van der Waals surface area contributed by atoms with Gasteiger partial charge in [-0.3, -0.25) is 4.99 Å². The molecular weight excluding hydrogens is 377 g/mol. The molecule has 0 saturated carbocycles.